The van der Waals surface area contributed by atoms with Gasteiger partial charge in [0, 0.05) is 16.5 Å². The lowest BCUT2D eigenvalue weighted by Crippen LogP contribution is -1.93. The van der Waals surface area contributed by atoms with Crippen LogP contribution in [0.5, 0.6) is 11.5 Å². The zero-order valence-corrected chi connectivity index (χ0v) is 10.7. The number of rotatable bonds is 3. The summed E-state index contributed by atoms with van der Waals surface area (Å²) in [5.41, 5.74) is 0.643. The highest BCUT2D eigenvalue weighted by atomic mass is 35.5. The van der Waals surface area contributed by atoms with Crippen molar-refractivity contribution in [1.29, 1.82) is 0 Å². The lowest BCUT2D eigenvalue weighted by molar-refractivity contribution is 0.274. The summed E-state index contributed by atoms with van der Waals surface area (Å²) in [7, 11) is 0. The standard InChI is InChI=1S/C15H11ClO3/c16-11-2-1-3-13(7-11)18-9-14-6-10-4-5-12(17)8-15(10)19-14/h1-8,17H,9H2. The Morgan fingerprint density at radius 1 is 1.11 bits per heavy atom. The molecule has 3 aromatic rings. The molecular weight excluding hydrogens is 264 g/mol. The minimum Gasteiger partial charge on any atom is -0.508 e. The van der Waals surface area contributed by atoms with E-state index in [0.29, 0.717) is 28.7 Å². The summed E-state index contributed by atoms with van der Waals surface area (Å²) in [4.78, 5) is 0. The van der Waals surface area contributed by atoms with Crippen LogP contribution in [0.3, 0.4) is 0 Å². The average molecular weight is 275 g/mol. The number of benzene rings is 2. The monoisotopic (exact) mass is 274 g/mol. The topological polar surface area (TPSA) is 42.6 Å². The summed E-state index contributed by atoms with van der Waals surface area (Å²) >= 11 is 5.88. The molecule has 1 heterocycles. The van der Waals surface area contributed by atoms with Gasteiger partial charge in [0.15, 0.2) is 0 Å². The van der Waals surface area contributed by atoms with Crippen molar-refractivity contribution in [2.24, 2.45) is 0 Å². The molecule has 0 unspecified atom stereocenters. The molecule has 3 rings (SSSR count). The molecule has 96 valence electrons. The number of hydrogen-bond donors (Lipinski definition) is 1. The molecular formula is C15H11ClO3. The van der Waals surface area contributed by atoms with Crippen LogP contribution in [0.1, 0.15) is 5.76 Å². The van der Waals surface area contributed by atoms with Crippen LogP contribution in [0.2, 0.25) is 5.02 Å². The van der Waals surface area contributed by atoms with Gasteiger partial charge in [-0.05, 0) is 36.4 Å². The quantitative estimate of drug-likeness (QED) is 0.771. The molecule has 0 aliphatic rings. The SMILES string of the molecule is Oc1ccc2cc(COc3cccc(Cl)c3)oc2c1. The van der Waals surface area contributed by atoms with Crippen LogP contribution in [0, 0.1) is 0 Å². The first-order chi connectivity index (χ1) is 9.20. The normalized spacial score (nSPS) is 10.8. The fourth-order valence-corrected chi connectivity index (χ4v) is 2.04. The molecule has 0 radical (unpaired) electrons. The maximum Gasteiger partial charge on any atom is 0.146 e. The minimum absolute atomic E-state index is 0.184. The van der Waals surface area contributed by atoms with E-state index in [9.17, 15) is 5.11 Å². The zero-order valence-electron chi connectivity index (χ0n) is 9.97. The van der Waals surface area contributed by atoms with Crippen molar-refractivity contribution in [3.8, 4) is 11.5 Å². The van der Waals surface area contributed by atoms with Gasteiger partial charge < -0.3 is 14.3 Å². The Bertz CT molecular complexity index is 718. The van der Waals surface area contributed by atoms with Gasteiger partial charge in [-0.1, -0.05) is 17.7 Å². The molecule has 2 aromatic carbocycles. The van der Waals surface area contributed by atoms with Crippen LogP contribution < -0.4 is 4.74 Å². The van der Waals surface area contributed by atoms with Gasteiger partial charge in [-0.25, -0.2) is 0 Å². The van der Waals surface area contributed by atoms with E-state index in [0.717, 1.165) is 5.39 Å². The third-order valence-electron chi connectivity index (χ3n) is 2.73. The molecule has 0 aliphatic carbocycles. The number of hydrogen-bond acceptors (Lipinski definition) is 3. The number of fused-ring (bicyclic) bond motifs is 1. The molecule has 0 saturated heterocycles. The predicted octanol–water partition coefficient (Wildman–Crippen LogP) is 4.37. The van der Waals surface area contributed by atoms with Crippen LogP contribution in [0.25, 0.3) is 11.0 Å². The first kappa shape index (κ1) is 11.9. The van der Waals surface area contributed by atoms with E-state index in [1.54, 1.807) is 30.3 Å². The number of halogens is 1. The second-order valence-corrected chi connectivity index (χ2v) is 4.62. The number of aromatic hydroxyl groups is 1. The third kappa shape index (κ3) is 2.66. The average Bonchev–Trinajstić information content (AvgIpc) is 2.78. The summed E-state index contributed by atoms with van der Waals surface area (Å²) in [6.45, 7) is 0.315. The van der Waals surface area contributed by atoms with E-state index >= 15 is 0 Å². The largest absolute Gasteiger partial charge is 0.508 e. The smallest absolute Gasteiger partial charge is 0.146 e. The Labute approximate surface area is 115 Å². The van der Waals surface area contributed by atoms with Gasteiger partial charge in [0.2, 0.25) is 0 Å². The van der Waals surface area contributed by atoms with E-state index in [-0.39, 0.29) is 5.75 Å². The maximum absolute atomic E-state index is 9.37. The summed E-state index contributed by atoms with van der Waals surface area (Å²) in [5.74, 6) is 1.57. The highest BCUT2D eigenvalue weighted by molar-refractivity contribution is 6.30. The molecule has 3 nitrogen and oxygen atoms in total. The van der Waals surface area contributed by atoms with Crippen LogP contribution in [0.4, 0.5) is 0 Å². The molecule has 0 saturated carbocycles. The van der Waals surface area contributed by atoms with Crippen molar-refractivity contribution in [3.05, 3.63) is 59.3 Å². The minimum atomic E-state index is 0.184. The first-order valence-electron chi connectivity index (χ1n) is 5.80. The number of phenols is 1. The highest BCUT2D eigenvalue weighted by Crippen LogP contribution is 2.25. The molecule has 0 fully saturated rings. The van der Waals surface area contributed by atoms with Gasteiger partial charge in [0.25, 0.3) is 0 Å². The van der Waals surface area contributed by atoms with Crippen LogP contribution in [0.15, 0.2) is 52.9 Å². The van der Waals surface area contributed by atoms with Crippen molar-refractivity contribution in [3.63, 3.8) is 0 Å². The fraction of sp³-hybridized carbons (Fsp3) is 0.0667. The number of phenolic OH excluding ortho intramolecular Hbond substituents is 1. The Morgan fingerprint density at radius 3 is 2.84 bits per heavy atom. The molecule has 4 heteroatoms. The van der Waals surface area contributed by atoms with E-state index in [4.69, 9.17) is 20.8 Å². The molecule has 0 atom stereocenters. The molecule has 0 spiro atoms. The summed E-state index contributed by atoms with van der Waals surface area (Å²) in [5, 5.41) is 10.9. The Hall–Kier alpha value is -2.13. The predicted molar refractivity (Wildman–Crippen MR) is 73.7 cm³/mol. The van der Waals surface area contributed by atoms with E-state index < -0.39 is 0 Å². The molecule has 1 aromatic heterocycles. The molecule has 0 amide bonds. The lowest BCUT2D eigenvalue weighted by Gasteiger charge is -2.03. The van der Waals surface area contributed by atoms with E-state index in [1.807, 2.05) is 18.2 Å². The third-order valence-corrected chi connectivity index (χ3v) is 2.97. The van der Waals surface area contributed by atoms with Crippen molar-refractivity contribution in [2.75, 3.05) is 0 Å². The molecule has 1 N–H and O–H groups in total. The van der Waals surface area contributed by atoms with Gasteiger partial charge in [0.05, 0.1) is 0 Å². The van der Waals surface area contributed by atoms with Crippen molar-refractivity contribution in [1.82, 2.24) is 0 Å². The fourth-order valence-electron chi connectivity index (χ4n) is 1.86. The van der Waals surface area contributed by atoms with Crippen LogP contribution >= 0.6 is 11.6 Å². The van der Waals surface area contributed by atoms with Gasteiger partial charge in [-0.3, -0.25) is 0 Å². The highest BCUT2D eigenvalue weighted by Gasteiger charge is 2.05. The second kappa shape index (κ2) is 4.86. The van der Waals surface area contributed by atoms with Crippen molar-refractivity contribution in [2.45, 2.75) is 6.61 Å². The molecule has 0 aliphatic heterocycles. The first-order valence-corrected chi connectivity index (χ1v) is 6.18. The van der Waals surface area contributed by atoms with E-state index in [1.165, 1.54) is 0 Å². The maximum atomic E-state index is 9.37. The van der Waals surface area contributed by atoms with Crippen LogP contribution in [-0.2, 0) is 6.61 Å². The summed E-state index contributed by atoms with van der Waals surface area (Å²) < 4.78 is 11.2. The van der Waals surface area contributed by atoms with Crippen LogP contribution in [-0.4, -0.2) is 5.11 Å². The Balaban J connectivity index is 1.78. The summed E-state index contributed by atoms with van der Waals surface area (Å²) in [6, 6.07) is 14.1. The van der Waals surface area contributed by atoms with Gasteiger partial charge >= 0.3 is 0 Å². The summed E-state index contributed by atoms with van der Waals surface area (Å²) in [6.07, 6.45) is 0. The molecule has 0 bridgehead atoms. The van der Waals surface area contributed by atoms with Crippen molar-refractivity contribution >= 4 is 22.6 Å². The zero-order chi connectivity index (χ0) is 13.2. The number of furan rings is 1. The van der Waals surface area contributed by atoms with Gasteiger partial charge in [-0.2, -0.15) is 0 Å². The van der Waals surface area contributed by atoms with Gasteiger partial charge in [-0.15, -0.1) is 0 Å². The Morgan fingerprint density at radius 2 is 2.00 bits per heavy atom. The van der Waals surface area contributed by atoms with Gasteiger partial charge in [0.1, 0.15) is 29.4 Å². The van der Waals surface area contributed by atoms with Crippen molar-refractivity contribution < 1.29 is 14.3 Å². The van der Waals surface area contributed by atoms with E-state index in [2.05, 4.69) is 0 Å². The number of ether oxygens (including phenoxy) is 1. The lowest BCUT2D eigenvalue weighted by atomic mass is 10.2. The molecule has 19 heavy (non-hydrogen) atoms. The second-order valence-electron chi connectivity index (χ2n) is 4.18. The Kier molecular flexibility index (Phi) is 3.05.